The third-order valence-electron chi connectivity index (χ3n) is 3.76. The Balaban J connectivity index is 0.00000338. The van der Waals surface area contributed by atoms with Gasteiger partial charge < -0.3 is 16.0 Å². The van der Waals surface area contributed by atoms with Crippen molar-refractivity contribution in [2.75, 3.05) is 13.6 Å². The molecule has 0 aliphatic heterocycles. The highest BCUT2D eigenvalue weighted by Crippen LogP contribution is 2.07. The van der Waals surface area contributed by atoms with Crippen LogP contribution in [-0.2, 0) is 13.1 Å². The van der Waals surface area contributed by atoms with Crippen LogP contribution in [0.3, 0.4) is 0 Å². The number of carbonyl (C=O) groups is 1. The fourth-order valence-electron chi connectivity index (χ4n) is 2.36. The zero-order chi connectivity index (χ0) is 18.1. The minimum Gasteiger partial charge on any atom is -0.357 e. The first-order valence-corrected chi connectivity index (χ1v) is 8.51. The molecule has 0 aliphatic carbocycles. The van der Waals surface area contributed by atoms with E-state index in [2.05, 4.69) is 52.1 Å². The lowest BCUT2D eigenvalue weighted by molar-refractivity contribution is 0.0963. The van der Waals surface area contributed by atoms with Crippen molar-refractivity contribution in [3.05, 3.63) is 70.8 Å². The second-order valence-corrected chi connectivity index (χ2v) is 5.81. The van der Waals surface area contributed by atoms with Gasteiger partial charge in [-0.15, -0.1) is 24.0 Å². The molecule has 0 saturated carbocycles. The van der Waals surface area contributed by atoms with E-state index in [1.54, 1.807) is 13.1 Å². The number of amides is 1. The van der Waals surface area contributed by atoms with Crippen molar-refractivity contribution < 1.29 is 4.79 Å². The molecule has 2 rings (SSSR count). The van der Waals surface area contributed by atoms with E-state index in [1.807, 2.05) is 25.1 Å². The summed E-state index contributed by atoms with van der Waals surface area (Å²) in [5.41, 5.74) is 4.10. The molecule has 0 saturated heterocycles. The molecule has 0 spiro atoms. The van der Waals surface area contributed by atoms with Crippen LogP contribution in [0.5, 0.6) is 0 Å². The number of hydrogen-bond donors (Lipinski definition) is 3. The predicted molar refractivity (Wildman–Crippen MR) is 118 cm³/mol. The largest absolute Gasteiger partial charge is 0.357 e. The molecule has 26 heavy (non-hydrogen) atoms. The molecule has 0 bridgehead atoms. The SMILES string of the molecule is CCNC(=NCc1cccc(C(=O)NC)c1)NCc1ccc(C)cc1.I. The first-order chi connectivity index (χ1) is 12.1. The Morgan fingerprint density at radius 2 is 1.77 bits per heavy atom. The van der Waals surface area contributed by atoms with Gasteiger partial charge in [0.05, 0.1) is 6.54 Å². The van der Waals surface area contributed by atoms with E-state index >= 15 is 0 Å². The molecule has 5 nitrogen and oxygen atoms in total. The Morgan fingerprint density at radius 3 is 2.42 bits per heavy atom. The molecule has 140 valence electrons. The molecule has 2 aromatic rings. The molecular weight excluding hydrogens is 439 g/mol. The molecule has 0 atom stereocenters. The van der Waals surface area contributed by atoms with Crippen LogP contribution >= 0.6 is 24.0 Å². The molecule has 2 aromatic carbocycles. The van der Waals surface area contributed by atoms with E-state index in [0.717, 1.165) is 18.1 Å². The second-order valence-electron chi connectivity index (χ2n) is 5.81. The number of halogens is 1. The van der Waals surface area contributed by atoms with Crippen LogP contribution in [0, 0.1) is 6.92 Å². The van der Waals surface area contributed by atoms with Gasteiger partial charge in [-0.3, -0.25) is 4.79 Å². The fourth-order valence-corrected chi connectivity index (χ4v) is 2.36. The molecule has 0 aliphatic rings. The summed E-state index contributed by atoms with van der Waals surface area (Å²) in [6.07, 6.45) is 0. The summed E-state index contributed by atoms with van der Waals surface area (Å²) >= 11 is 0. The van der Waals surface area contributed by atoms with Crippen LogP contribution in [-0.4, -0.2) is 25.5 Å². The van der Waals surface area contributed by atoms with Crippen molar-refractivity contribution in [2.24, 2.45) is 4.99 Å². The Morgan fingerprint density at radius 1 is 1.04 bits per heavy atom. The molecule has 0 aromatic heterocycles. The van der Waals surface area contributed by atoms with Crippen molar-refractivity contribution in [3.63, 3.8) is 0 Å². The average molecular weight is 466 g/mol. The van der Waals surface area contributed by atoms with Crippen molar-refractivity contribution in [3.8, 4) is 0 Å². The number of carbonyl (C=O) groups excluding carboxylic acids is 1. The topological polar surface area (TPSA) is 65.5 Å². The van der Waals surface area contributed by atoms with E-state index in [9.17, 15) is 4.79 Å². The minimum atomic E-state index is -0.0877. The van der Waals surface area contributed by atoms with Crippen LogP contribution in [0.2, 0.25) is 0 Å². The van der Waals surface area contributed by atoms with Crippen molar-refractivity contribution in [1.82, 2.24) is 16.0 Å². The molecule has 0 unspecified atom stereocenters. The maximum atomic E-state index is 11.7. The third-order valence-corrected chi connectivity index (χ3v) is 3.76. The third kappa shape index (κ3) is 7.03. The Kier molecular flexibility index (Phi) is 9.72. The molecule has 3 N–H and O–H groups in total. The number of aliphatic imine (C=N–C) groups is 1. The van der Waals surface area contributed by atoms with E-state index in [4.69, 9.17) is 0 Å². The molecule has 1 amide bonds. The van der Waals surface area contributed by atoms with Gasteiger partial charge in [0.15, 0.2) is 5.96 Å². The first kappa shape index (κ1) is 22.0. The van der Waals surface area contributed by atoms with E-state index in [0.29, 0.717) is 18.7 Å². The second kappa shape index (κ2) is 11.5. The lowest BCUT2D eigenvalue weighted by atomic mass is 10.1. The molecular formula is C20H27IN4O. The Labute approximate surface area is 172 Å². The average Bonchev–Trinajstić information content (AvgIpc) is 2.65. The zero-order valence-corrected chi connectivity index (χ0v) is 17.8. The summed E-state index contributed by atoms with van der Waals surface area (Å²) in [6.45, 7) is 6.13. The van der Waals surface area contributed by atoms with Crippen LogP contribution < -0.4 is 16.0 Å². The monoisotopic (exact) mass is 466 g/mol. The summed E-state index contributed by atoms with van der Waals surface area (Å²) in [7, 11) is 1.63. The lowest BCUT2D eigenvalue weighted by Gasteiger charge is -2.12. The highest BCUT2D eigenvalue weighted by molar-refractivity contribution is 14.0. The highest BCUT2D eigenvalue weighted by atomic mass is 127. The number of nitrogens with zero attached hydrogens (tertiary/aromatic N) is 1. The van der Waals surface area contributed by atoms with Gasteiger partial charge in [0.2, 0.25) is 0 Å². The number of aryl methyl sites for hydroxylation is 1. The van der Waals surface area contributed by atoms with Gasteiger partial charge in [-0.25, -0.2) is 4.99 Å². The van der Waals surface area contributed by atoms with Crippen molar-refractivity contribution in [2.45, 2.75) is 26.9 Å². The molecule has 0 heterocycles. The number of hydrogen-bond acceptors (Lipinski definition) is 2. The number of nitrogens with one attached hydrogen (secondary N) is 3. The quantitative estimate of drug-likeness (QED) is 0.348. The van der Waals surface area contributed by atoms with Crippen LogP contribution in [0.25, 0.3) is 0 Å². The predicted octanol–water partition coefficient (Wildman–Crippen LogP) is 3.23. The van der Waals surface area contributed by atoms with Gasteiger partial charge >= 0.3 is 0 Å². The summed E-state index contributed by atoms with van der Waals surface area (Å²) in [6, 6.07) is 15.9. The normalized spacial score (nSPS) is 10.7. The van der Waals surface area contributed by atoms with Gasteiger partial charge in [-0.1, -0.05) is 42.0 Å². The van der Waals surface area contributed by atoms with E-state index in [1.165, 1.54) is 11.1 Å². The van der Waals surface area contributed by atoms with Crippen molar-refractivity contribution in [1.29, 1.82) is 0 Å². The smallest absolute Gasteiger partial charge is 0.251 e. The summed E-state index contributed by atoms with van der Waals surface area (Å²) in [5, 5.41) is 9.21. The van der Waals surface area contributed by atoms with Crippen LogP contribution in [0.15, 0.2) is 53.5 Å². The number of benzene rings is 2. The molecule has 6 heteroatoms. The Hall–Kier alpha value is -2.09. The van der Waals surface area contributed by atoms with E-state index in [-0.39, 0.29) is 29.9 Å². The van der Waals surface area contributed by atoms with Gasteiger partial charge in [-0.05, 0) is 37.1 Å². The lowest BCUT2D eigenvalue weighted by Crippen LogP contribution is -2.36. The fraction of sp³-hybridized carbons (Fsp3) is 0.300. The zero-order valence-electron chi connectivity index (χ0n) is 15.5. The highest BCUT2D eigenvalue weighted by Gasteiger charge is 2.04. The number of rotatable bonds is 6. The standard InChI is InChI=1S/C20H26N4O.HI/c1-4-22-20(23-13-16-10-8-15(2)9-11-16)24-14-17-6-5-7-18(12-17)19(25)21-3;/h5-12H,4,13-14H2,1-3H3,(H,21,25)(H2,22,23,24);1H. The van der Waals surface area contributed by atoms with E-state index < -0.39 is 0 Å². The Bertz CT molecular complexity index is 729. The van der Waals surface area contributed by atoms with Gasteiger partial charge in [0.1, 0.15) is 0 Å². The first-order valence-electron chi connectivity index (χ1n) is 8.51. The van der Waals surface area contributed by atoms with Gasteiger partial charge in [-0.2, -0.15) is 0 Å². The van der Waals surface area contributed by atoms with Gasteiger partial charge in [0, 0.05) is 25.7 Å². The van der Waals surface area contributed by atoms with Crippen LogP contribution in [0.1, 0.15) is 34.0 Å². The van der Waals surface area contributed by atoms with Crippen molar-refractivity contribution >= 4 is 35.8 Å². The number of guanidine groups is 1. The summed E-state index contributed by atoms with van der Waals surface area (Å²) in [5.74, 6) is 0.670. The summed E-state index contributed by atoms with van der Waals surface area (Å²) in [4.78, 5) is 16.3. The molecule has 0 radical (unpaired) electrons. The van der Waals surface area contributed by atoms with Crippen LogP contribution in [0.4, 0.5) is 0 Å². The maximum Gasteiger partial charge on any atom is 0.251 e. The van der Waals surface area contributed by atoms with Gasteiger partial charge in [0.25, 0.3) is 5.91 Å². The maximum absolute atomic E-state index is 11.7. The summed E-state index contributed by atoms with van der Waals surface area (Å²) < 4.78 is 0. The molecule has 0 fully saturated rings. The minimum absolute atomic E-state index is 0.